The molecule has 0 atom stereocenters. The van der Waals surface area contributed by atoms with Gasteiger partial charge in [0.05, 0.1) is 5.69 Å². The number of aliphatic imine (C=N–C) groups is 1. The number of benzene rings is 2. The molecular weight excluding hydrogens is 414 g/mol. The first-order valence-corrected chi connectivity index (χ1v) is 10.7. The van der Waals surface area contributed by atoms with E-state index in [-0.39, 0.29) is 18.0 Å². The second-order valence-corrected chi connectivity index (χ2v) is 7.84. The molecule has 0 amide bonds. The largest absolute Gasteiger partial charge is 0.494 e. The average molecular weight is 440 g/mol. The molecule has 0 saturated carbocycles. The molecular formula is C24H26ClN3O3. The van der Waals surface area contributed by atoms with Crippen LogP contribution in [0.15, 0.2) is 63.1 Å². The molecule has 0 unspecified atom stereocenters. The number of hydrogen-bond donors (Lipinski definition) is 1. The van der Waals surface area contributed by atoms with Crippen molar-refractivity contribution in [2.45, 2.75) is 46.2 Å². The second kappa shape index (κ2) is 10.3. The van der Waals surface area contributed by atoms with E-state index in [1.165, 1.54) is 15.3 Å². The topological polar surface area (TPSA) is 76.6 Å². The zero-order valence-electron chi connectivity index (χ0n) is 17.7. The van der Waals surface area contributed by atoms with Crippen molar-refractivity contribution in [3.63, 3.8) is 0 Å². The van der Waals surface area contributed by atoms with Gasteiger partial charge in [0.25, 0.3) is 5.56 Å². The molecule has 3 aromatic rings. The number of rotatable bonds is 8. The molecule has 6 nitrogen and oxygen atoms in total. The molecule has 1 heterocycles. The van der Waals surface area contributed by atoms with E-state index in [1.807, 2.05) is 44.2 Å². The monoisotopic (exact) mass is 439 g/mol. The first-order chi connectivity index (χ1) is 14.9. The summed E-state index contributed by atoms with van der Waals surface area (Å²) in [6.07, 6.45) is 3.41. The average Bonchev–Trinajstić information content (AvgIpc) is 2.75. The van der Waals surface area contributed by atoms with Crippen LogP contribution in [0.2, 0.25) is 5.02 Å². The first-order valence-electron chi connectivity index (χ1n) is 10.3. The maximum Gasteiger partial charge on any atom is 0.333 e. The number of nitrogens with zero attached hydrogens (tertiary/aromatic N) is 3. The van der Waals surface area contributed by atoms with Crippen LogP contribution in [-0.2, 0) is 19.5 Å². The van der Waals surface area contributed by atoms with Gasteiger partial charge < -0.3 is 5.11 Å². The van der Waals surface area contributed by atoms with E-state index in [0.717, 1.165) is 17.5 Å². The van der Waals surface area contributed by atoms with Crippen molar-refractivity contribution in [1.29, 1.82) is 0 Å². The summed E-state index contributed by atoms with van der Waals surface area (Å²) in [4.78, 5) is 30.4. The van der Waals surface area contributed by atoms with Gasteiger partial charge in [0.1, 0.15) is 5.56 Å². The Morgan fingerprint density at radius 2 is 1.81 bits per heavy atom. The summed E-state index contributed by atoms with van der Waals surface area (Å²) < 4.78 is 2.43. The molecule has 0 saturated heterocycles. The van der Waals surface area contributed by atoms with Crippen molar-refractivity contribution >= 4 is 23.5 Å². The van der Waals surface area contributed by atoms with E-state index in [1.54, 1.807) is 18.2 Å². The fourth-order valence-electron chi connectivity index (χ4n) is 3.32. The fourth-order valence-corrected chi connectivity index (χ4v) is 3.55. The predicted molar refractivity (Wildman–Crippen MR) is 125 cm³/mol. The van der Waals surface area contributed by atoms with Gasteiger partial charge >= 0.3 is 5.69 Å². The third-order valence-corrected chi connectivity index (χ3v) is 5.36. The highest BCUT2D eigenvalue weighted by Crippen LogP contribution is 2.22. The minimum atomic E-state index is -0.554. The first kappa shape index (κ1) is 22.6. The summed E-state index contributed by atoms with van der Waals surface area (Å²) in [6, 6.07) is 14.9. The highest BCUT2D eigenvalue weighted by molar-refractivity contribution is 6.30. The molecule has 0 fully saturated rings. The van der Waals surface area contributed by atoms with E-state index in [9.17, 15) is 14.7 Å². The zero-order valence-corrected chi connectivity index (χ0v) is 18.5. The van der Waals surface area contributed by atoms with Crippen molar-refractivity contribution in [1.82, 2.24) is 9.13 Å². The minimum absolute atomic E-state index is 0.00175. The van der Waals surface area contributed by atoms with Crippen LogP contribution in [0.5, 0.6) is 5.88 Å². The summed E-state index contributed by atoms with van der Waals surface area (Å²) >= 11 is 5.99. The van der Waals surface area contributed by atoms with Crippen LogP contribution >= 0.6 is 11.6 Å². The number of aromatic hydroxyl groups is 1. The normalized spacial score (nSPS) is 11.3. The van der Waals surface area contributed by atoms with Crippen molar-refractivity contribution in [2.75, 3.05) is 0 Å². The van der Waals surface area contributed by atoms with Gasteiger partial charge in [-0.25, -0.2) is 4.79 Å². The maximum atomic E-state index is 13.1. The Morgan fingerprint density at radius 3 is 2.48 bits per heavy atom. The smallest absolute Gasteiger partial charge is 0.333 e. The minimum Gasteiger partial charge on any atom is -0.494 e. The zero-order chi connectivity index (χ0) is 22.4. The molecule has 162 valence electrons. The molecule has 0 spiro atoms. The Hall–Kier alpha value is -3.12. The van der Waals surface area contributed by atoms with Crippen LogP contribution < -0.4 is 11.2 Å². The molecule has 0 aliphatic carbocycles. The summed E-state index contributed by atoms with van der Waals surface area (Å²) in [5.41, 5.74) is 1.43. The second-order valence-electron chi connectivity index (χ2n) is 7.41. The number of unbranched alkanes of at least 4 members (excludes halogenated alkanes) is 1. The summed E-state index contributed by atoms with van der Waals surface area (Å²) in [7, 11) is 0. The quantitative estimate of drug-likeness (QED) is 0.526. The molecule has 1 aromatic heterocycles. The standard InChI is InChI=1S/C24H26ClN3O3/c1-3-4-13-27-22(29)20(16-26-21-11-10-19(25)15-17(21)2)23(30)28(24(27)31)14-12-18-8-6-5-7-9-18/h5-11,15-16,29H,3-4,12-14H2,1-2H3. The van der Waals surface area contributed by atoms with Crippen LogP contribution in [0.25, 0.3) is 0 Å². The summed E-state index contributed by atoms with van der Waals surface area (Å²) in [6.45, 7) is 4.40. The van der Waals surface area contributed by atoms with Gasteiger partial charge in [0.15, 0.2) is 0 Å². The van der Waals surface area contributed by atoms with E-state index >= 15 is 0 Å². The van der Waals surface area contributed by atoms with E-state index in [0.29, 0.717) is 30.1 Å². The highest BCUT2D eigenvalue weighted by Gasteiger charge is 2.17. The molecule has 0 aliphatic heterocycles. The van der Waals surface area contributed by atoms with Crippen molar-refractivity contribution in [3.05, 3.63) is 91.1 Å². The van der Waals surface area contributed by atoms with Crippen LogP contribution in [0.4, 0.5) is 5.69 Å². The Balaban J connectivity index is 2.05. The number of aromatic nitrogens is 2. The fraction of sp³-hybridized carbons (Fsp3) is 0.292. The maximum absolute atomic E-state index is 13.1. The van der Waals surface area contributed by atoms with Crippen LogP contribution in [0.1, 0.15) is 36.5 Å². The van der Waals surface area contributed by atoms with E-state index in [4.69, 9.17) is 11.6 Å². The number of aryl methyl sites for hydroxylation is 2. The van der Waals surface area contributed by atoms with Gasteiger partial charge in [-0.3, -0.25) is 18.9 Å². The van der Waals surface area contributed by atoms with Crippen molar-refractivity contribution in [3.8, 4) is 5.88 Å². The third-order valence-electron chi connectivity index (χ3n) is 5.13. The number of halogens is 1. The Kier molecular flexibility index (Phi) is 7.47. The third kappa shape index (κ3) is 5.33. The molecule has 1 N–H and O–H groups in total. The van der Waals surface area contributed by atoms with Crippen LogP contribution in [0, 0.1) is 6.92 Å². The molecule has 31 heavy (non-hydrogen) atoms. The summed E-state index contributed by atoms with van der Waals surface area (Å²) in [5, 5.41) is 11.3. The lowest BCUT2D eigenvalue weighted by Gasteiger charge is -2.14. The van der Waals surface area contributed by atoms with Gasteiger partial charge in [0, 0.05) is 24.3 Å². The van der Waals surface area contributed by atoms with Crippen molar-refractivity contribution in [2.24, 2.45) is 4.99 Å². The van der Waals surface area contributed by atoms with E-state index in [2.05, 4.69) is 4.99 Å². The van der Waals surface area contributed by atoms with Crippen LogP contribution in [0.3, 0.4) is 0 Å². The van der Waals surface area contributed by atoms with Gasteiger partial charge in [-0.2, -0.15) is 0 Å². The summed E-state index contributed by atoms with van der Waals surface area (Å²) in [5.74, 6) is -0.352. The van der Waals surface area contributed by atoms with Gasteiger partial charge in [-0.05, 0) is 49.1 Å². The lowest BCUT2D eigenvalue weighted by Crippen LogP contribution is -2.42. The Morgan fingerprint density at radius 1 is 1.06 bits per heavy atom. The predicted octanol–water partition coefficient (Wildman–Crippen LogP) is 4.47. The SMILES string of the molecule is CCCCn1c(O)c(C=Nc2ccc(Cl)cc2C)c(=O)n(CCc2ccccc2)c1=O. The highest BCUT2D eigenvalue weighted by atomic mass is 35.5. The Bertz CT molecular complexity index is 1200. The lowest BCUT2D eigenvalue weighted by atomic mass is 10.1. The Labute approximate surface area is 186 Å². The number of hydrogen-bond acceptors (Lipinski definition) is 4. The molecule has 3 rings (SSSR count). The molecule has 2 aromatic carbocycles. The molecule has 0 bridgehead atoms. The molecule has 0 aliphatic rings. The van der Waals surface area contributed by atoms with Gasteiger partial charge in [-0.15, -0.1) is 0 Å². The lowest BCUT2D eigenvalue weighted by molar-refractivity contribution is 0.382. The molecule has 0 radical (unpaired) electrons. The van der Waals surface area contributed by atoms with Crippen LogP contribution in [-0.4, -0.2) is 20.5 Å². The van der Waals surface area contributed by atoms with E-state index < -0.39 is 11.2 Å². The molecule has 7 heteroatoms. The van der Waals surface area contributed by atoms with Crippen molar-refractivity contribution < 1.29 is 5.11 Å². The van der Waals surface area contributed by atoms with Gasteiger partial charge in [0.2, 0.25) is 5.88 Å². The van der Waals surface area contributed by atoms with Gasteiger partial charge in [-0.1, -0.05) is 55.3 Å².